The van der Waals surface area contributed by atoms with E-state index >= 15 is 0 Å². The summed E-state index contributed by atoms with van der Waals surface area (Å²) in [5.41, 5.74) is 2.85. The van der Waals surface area contributed by atoms with E-state index in [0.29, 0.717) is 30.9 Å². The molecular formula is C20H27ClN4O3. The number of amides is 1. The van der Waals surface area contributed by atoms with E-state index in [1.807, 2.05) is 28.9 Å². The lowest BCUT2D eigenvalue weighted by molar-refractivity contribution is -0.116. The minimum Gasteiger partial charge on any atom is -0.489 e. The molecule has 1 fully saturated rings. The molecule has 1 aromatic carbocycles. The maximum atomic E-state index is 12.4. The number of hydrogen-bond acceptors (Lipinski definition) is 5. The number of rotatable bonds is 7. The molecule has 8 heteroatoms. The largest absolute Gasteiger partial charge is 0.489 e. The maximum absolute atomic E-state index is 12.4. The Morgan fingerprint density at radius 1 is 1.39 bits per heavy atom. The molecule has 2 aromatic rings. The minimum absolute atomic E-state index is 0. The summed E-state index contributed by atoms with van der Waals surface area (Å²) in [5.74, 6) is 0.650. The van der Waals surface area contributed by atoms with Gasteiger partial charge in [-0.25, -0.2) is 0 Å². The molecule has 3 heterocycles. The topological polar surface area (TPSA) is 77.4 Å². The van der Waals surface area contributed by atoms with Gasteiger partial charge in [-0.3, -0.25) is 9.48 Å². The number of halogens is 1. The van der Waals surface area contributed by atoms with Gasteiger partial charge >= 0.3 is 0 Å². The number of para-hydroxylation sites is 2. The van der Waals surface area contributed by atoms with Gasteiger partial charge in [0.2, 0.25) is 5.91 Å². The molecule has 2 N–H and O–H groups in total. The third kappa shape index (κ3) is 5.25. The second-order valence-corrected chi connectivity index (χ2v) is 7.02. The number of carbonyl (C=O) groups excluding carboxylic acids is 1. The average Bonchev–Trinajstić information content (AvgIpc) is 3.35. The van der Waals surface area contributed by atoms with Crippen LogP contribution in [0.5, 0.6) is 5.75 Å². The fraction of sp³-hybridized carbons (Fsp3) is 0.500. The summed E-state index contributed by atoms with van der Waals surface area (Å²) in [5, 5.41) is 10.9. The van der Waals surface area contributed by atoms with Crippen molar-refractivity contribution < 1.29 is 14.3 Å². The Kier molecular flexibility index (Phi) is 7.30. The number of anilines is 1. The van der Waals surface area contributed by atoms with Crippen LogP contribution in [-0.2, 0) is 29.0 Å². The average molecular weight is 407 g/mol. The molecule has 1 unspecified atom stereocenters. The van der Waals surface area contributed by atoms with Crippen LogP contribution in [0.3, 0.4) is 0 Å². The van der Waals surface area contributed by atoms with Gasteiger partial charge < -0.3 is 20.1 Å². The van der Waals surface area contributed by atoms with E-state index in [1.165, 1.54) is 5.69 Å². The Morgan fingerprint density at radius 3 is 3.11 bits per heavy atom. The van der Waals surface area contributed by atoms with E-state index in [2.05, 4.69) is 21.8 Å². The highest BCUT2D eigenvalue weighted by Gasteiger charge is 2.17. The summed E-state index contributed by atoms with van der Waals surface area (Å²) in [4.78, 5) is 12.4. The second-order valence-electron chi connectivity index (χ2n) is 7.02. The highest BCUT2D eigenvalue weighted by Crippen LogP contribution is 2.25. The number of fused-ring (bicyclic) bond motifs is 1. The molecule has 4 rings (SSSR count). The van der Waals surface area contributed by atoms with Crippen LogP contribution in [0, 0.1) is 0 Å². The van der Waals surface area contributed by atoms with Crippen molar-refractivity contribution in [3.8, 4) is 5.75 Å². The standard InChI is InChI=1S/C20H26N4O3.ClH/c25-20(8-7-15-12-16-13-21-9-10-24(16)23-15)22-18-5-1-2-6-19(18)27-14-17-4-3-11-26-17;/h1-2,5-6,12,17,21H,3-4,7-11,13-14H2,(H,22,25);1H. The summed E-state index contributed by atoms with van der Waals surface area (Å²) < 4.78 is 13.5. The van der Waals surface area contributed by atoms with E-state index in [9.17, 15) is 4.79 Å². The van der Waals surface area contributed by atoms with Crippen LogP contribution in [0.2, 0.25) is 0 Å². The van der Waals surface area contributed by atoms with Crippen LogP contribution < -0.4 is 15.4 Å². The predicted molar refractivity (Wildman–Crippen MR) is 109 cm³/mol. The molecule has 2 aliphatic rings. The van der Waals surface area contributed by atoms with Gasteiger partial charge in [-0.15, -0.1) is 12.4 Å². The van der Waals surface area contributed by atoms with E-state index in [1.54, 1.807) is 0 Å². The SMILES string of the molecule is Cl.O=C(CCc1cc2n(n1)CCNC2)Nc1ccccc1OCC1CCCO1. The van der Waals surface area contributed by atoms with Gasteiger partial charge in [-0.1, -0.05) is 12.1 Å². The number of aryl methyl sites for hydroxylation is 1. The zero-order valence-corrected chi connectivity index (χ0v) is 16.7. The Labute approximate surface area is 171 Å². The fourth-order valence-corrected chi connectivity index (χ4v) is 3.48. The molecule has 7 nitrogen and oxygen atoms in total. The highest BCUT2D eigenvalue weighted by molar-refractivity contribution is 5.92. The lowest BCUT2D eigenvalue weighted by atomic mass is 10.2. The fourth-order valence-electron chi connectivity index (χ4n) is 3.48. The Hall–Kier alpha value is -2.09. The van der Waals surface area contributed by atoms with Crippen LogP contribution in [0.25, 0.3) is 0 Å². The first-order valence-corrected chi connectivity index (χ1v) is 9.67. The van der Waals surface area contributed by atoms with Crippen LogP contribution in [-0.4, -0.2) is 41.6 Å². The van der Waals surface area contributed by atoms with E-state index < -0.39 is 0 Å². The smallest absolute Gasteiger partial charge is 0.224 e. The predicted octanol–water partition coefficient (Wildman–Crippen LogP) is 2.54. The highest BCUT2D eigenvalue weighted by atomic mass is 35.5. The zero-order chi connectivity index (χ0) is 18.5. The molecule has 0 spiro atoms. The third-order valence-electron chi connectivity index (χ3n) is 4.94. The molecule has 0 aliphatic carbocycles. The number of benzene rings is 1. The van der Waals surface area contributed by atoms with Gasteiger partial charge in [0.1, 0.15) is 12.4 Å². The quantitative estimate of drug-likeness (QED) is 0.738. The molecule has 0 radical (unpaired) electrons. The van der Waals surface area contributed by atoms with E-state index in [-0.39, 0.29) is 24.4 Å². The van der Waals surface area contributed by atoms with Crippen molar-refractivity contribution in [1.82, 2.24) is 15.1 Å². The first-order valence-electron chi connectivity index (χ1n) is 9.67. The Morgan fingerprint density at radius 2 is 2.29 bits per heavy atom. The van der Waals surface area contributed by atoms with Crippen molar-refractivity contribution in [2.45, 2.75) is 44.9 Å². The zero-order valence-electron chi connectivity index (χ0n) is 15.9. The first kappa shape index (κ1) is 20.6. The van der Waals surface area contributed by atoms with Crippen molar-refractivity contribution >= 4 is 24.0 Å². The number of nitrogens with one attached hydrogen (secondary N) is 2. The molecule has 1 aromatic heterocycles. The summed E-state index contributed by atoms with van der Waals surface area (Å²) in [6, 6.07) is 9.62. The number of aromatic nitrogens is 2. The second kappa shape index (κ2) is 9.91. The normalized spacial score (nSPS) is 18.2. The van der Waals surface area contributed by atoms with Crippen LogP contribution in [0.4, 0.5) is 5.69 Å². The van der Waals surface area contributed by atoms with Gasteiger partial charge in [-0.05, 0) is 31.0 Å². The Bertz CT molecular complexity index is 766. The minimum atomic E-state index is -0.0349. The van der Waals surface area contributed by atoms with Gasteiger partial charge in [0, 0.05) is 32.5 Å². The molecule has 152 valence electrons. The molecular weight excluding hydrogens is 380 g/mol. The van der Waals surface area contributed by atoms with E-state index in [4.69, 9.17) is 9.47 Å². The molecule has 0 saturated carbocycles. The van der Waals surface area contributed by atoms with Gasteiger partial charge in [0.05, 0.1) is 29.7 Å². The van der Waals surface area contributed by atoms with Crippen LogP contribution in [0.15, 0.2) is 30.3 Å². The lowest BCUT2D eigenvalue weighted by Gasteiger charge is -2.15. The van der Waals surface area contributed by atoms with Crippen molar-refractivity contribution in [1.29, 1.82) is 0 Å². The van der Waals surface area contributed by atoms with E-state index in [0.717, 1.165) is 44.8 Å². The summed E-state index contributed by atoms with van der Waals surface area (Å²) >= 11 is 0. The van der Waals surface area contributed by atoms with Gasteiger partial charge in [0.15, 0.2) is 0 Å². The summed E-state index contributed by atoms with van der Waals surface area (Å²) in [6.45, 7) is 3.99. The monoisotopic (exact) mass is 406 g/mol. The third-order valence-corrected chi connectivity index (χ3v) is 4.94. The number of hydrogen-bond donors (Lipinski definition) is 2. The van der Waals surface area contributed by atoms with Crippen molar-refractivity contribution in [2.75, 3.05) is 25.1 Å². The van der Waals surface area contributed by atoms with Crippen LogP contribution >= 0.6 is 12.4 Å². The first-order chi connectivity index (χ1) is 13.3. The number of nitrogens with zero attached hydrogens (tertiary/aromatic N) is 2. The number of ether oxygens (including phenoxy) is 2. The molecule has 0 bridgehead atoms. The molecule has 1 amide bonds. The number of carbonyl (C=O) groups is 1. The summed E-state index contributed by atoms with van der Waals surface area (Å²) in [6.07, 6.45) is 3.28. The van der Waals surface area contributed by atoms with Gasteiger partial charge in [-0.2, -0.15) is 5.10 Å². The summed E-state index contributed by atoms with van der Waals surface area (Å²) in [7, 11) is 0. The van der Waals surface area contributed by atoms with Crippen molar-refractivity contribution in [3.63, 3.8) is 0 Å². The van der Waals surface area contributed by atoms with Crippen molar-refractivity contribution in [3.05, 3.63) is 41.7 Å². The molecule has 28 heavy (non-hydrogen) atoms. The maximum Gasteiger partial charge on any atom is 0.224 e. The molecule has 2 aliphatic heterocycles. The molecule has 1 atom stereocenters. The Balaban J connectivity index is 0.00000225. The lowest BCUT2D eigenvalue weighted by Crippen LogP contribution is -2.28. The van der Waals surface area contributed by atoms with Crippen molar-refractivity contribution in [2.24, 2.45) is 0 Å². The van der Waals surface area contributed by atoms with Crippen LogP contribution in [0.1, 0.15) is 30.7 Å². The van der Waals surface area contributed by atoms with Gasteiger partial charge in [0.25, 0.3) is 0 Å². The molecule has 1 saturated heterocycles.